The quantitative estimate of drug-likeness (QED) is 0.723. The summed E-state index contributed by atoms with van der Waals surface area (Å²) in [7, 11) is 0. The molecule has 0 unspecified atom stereocenters. The minimum Gasteiger partial charge on any atom is -0.459 e. The van der Waals surface area contributed by atoms with Crippen molar-refractivity contribution in [2.75, 3.05) is 13.1 Å². The molecule has 0 aliphatic carbocycles. The van der Waals surface area contributed by atoms with Crippen LogP contribution in [-0.2, 0) is 0 Å². The number of piperidine rings is 1. The van der Waals surface area contributed by atoms with Gasteiger partial charge in [-0.15, -0.1) is 0 Å². The summed E-state index contributed by atoms with van der Waals surface area (Å²) in [5.41, 5.74) is 2.54. The highest BCUT2D eigenvalue weighted by atomic mass is 16.4. The number of benzene rings is 1. The molecule has 1 fully saturated rings. The van der Waals surface area contributed by atoms with E-state index in [-0.39, 0.29) is 11.8 Å². The van der Waals surface area contributed by atoms with Crippen molar-refractivity contribution in [1.82, 2.24) is 9.88 Å². The van der Waals surface area contributed by atoms with Crippen LogP contribution in [0.2, 0.25) is 0 Å². The second-order valence-electron chi connectivity index (χ2n) is 6.04. The summed E-state index contributed by atoms with van der Waals surface area (Å²) in [4.78, 5) is 19.0. The zero-order valence-corrected chi connectivity index (χ0v) is 13.0. The van der Waals surface area contributed by atoms with Gasteiger partial charge in [-0.1, -0.05) is 12.1 Å². The van der Waals surface area contributed by atoms with E-state index in [1.807, 2.05) is 42.2 Å². The molecular weight excluding hydrogens is 292 g/mol. The third-order valence-corrected chi connectivity index (χ3v) is 4.42. The van der Waals surface area contributed by atoms with Crippen molar-refractivity contribution in [1.29, 1.82) is 0 Å². The summed E-state index contributed by atoms with van der Waals surface area (Å²) < 4.78 is 11.2. The predicted octanol–water partition coefficient (Wildman–Crippen LogP) is 3.75. The Morgan fingerprint density at radius 2 is 2.17 bits per heavy atom. The second kappa shape index (κ2) is 5.57. The smallest absolute Gasteiger partial charge is 0.289 e. The Balaban J connectivity index is 1.57. The van der Waals surface area contributed by atoms with Crippen molar-refractivity contribution < 1.29 is 13.6 Å². The minimum absolute atomic E-state index is 0.0479. The normalized spacial score (nSPS) is 18.5. The Hall–Kier alpha value is -2.56. The molecule has 1 aliphatic rings. The third-order valence-electron chi connectivity index (χ3n) is 4.42. The number of rotatable bonds is 2. The molecule has 1 aliphatic heterocycles. The SMILES string of the molecule is Cc1ccoc1C(=O)N1CCC[C@@H](c2nc3ccccc3o2)C1. The van der Waals surface area contributed by atoms with Crippen molar-refractivity contribution in [3.05, 3.63) is 53.8 Å². The highest BCUT2D eigenvalue weighted by Gasteiger charge is 2.30. The number of hydrogen-bond donors (Lipinski definition) is 0. The highest BCUT2D eigenvalue weighted by Crippen LogP contribution is 2.30. The molecule has 0 saturated carbocycles. The van der Waals surface area contributed by atoms with Gasteiger partial charge in [-0.3, -0.25) is 4.79 Å². The van der Waals surface area contributed by atoms with E-state index in [0.29, 0.717) is 12.3 Å². The molecule has 118 valence electrons. The fourth-order valence-corrected chi connectivity index (χ4v) is 3.16. The van der Waals surface area contributed by atoms with Crippen molar-refractivity contribution in [2.24, 2.45) is 0 Å². The largest absolute Gasteiger partial charge is 0.459 e. The zero-order valence-electron chi connectivity index (χ0n) is 13.0. The van der Waals surface area contributed by atoms with E-state index in [9.17, 15) is 4.79 Å². The fourth-order valence-electron chi connectivity index (χ4n) is 3.16. The van der Waals surface area contributed by atoms with Gasteiger partial charge in [0.1, 0.15) is 5.52 Å². The van der Waals surface area contributed by atoms with Crippen LogP contribution in [0.3, 0.4) is 0 Å². The Labute approximate surface area is 133 Å². The lowest BCUT2D eigenvalue weighted by atomic mass is 9.97. The number of carbonyl (C=O) groups excluding carboxylic acids is 1. The molecule has 0 spiro atoms. The Bertz CT molecular complexity index is 816. The Morgan fingerprint density at radius 3 is 2.96 bits per heavy atom. The topological polar surface area (TPSA) is 59.5 Å². The number of nitrogens with zero attached hydrogens (tertiary/aromatic N) is 2. The fraction of sp³-hybridized carbons (Fsp3) is 0.333. The van der Waals surface area contributed by atoms with Gasteiger partial charge in [0.25, 0.3) is 5.91 Å². The van der Waals surface area contributed by atoms with Crippen molar-refractivity contribution in [2.45, 2.75) is 25.7 Å². The van der Waals surface area contributed by atoms with Gasteiger partial charge >= 0.3 is 0 Å². The molecule has 3 heterocycles. The van der Waals surface area contributed by atoms with E-state index in [0.717, 1.165) is 41.9 Å². The van der Waals surface area contributed by atoms with Gasteiger partial charge in [0.05, 0.1) is 12.2 Å². The number of carbonyl (C=O) groups is 1. The number of furan rings is 1. The monoisotopic (exact) mass is 310 g/mol. The van der Waals surface area contributed by atoms with Crippen LogP contribution < -0.4 is 0 Å². The lowest BCUT2D eigenvalue weighted by molar-refractivity contribution is 0.0665. The van der Waals surface area contributed by atoms with Crippen LogP contribution in [0.15, 0.2) is 45.4 Å². The maximum Gasteiger partial charge on any atom is 0.289 e. The average Bonchev–Trinajstić information content (AvgIpc) is 3.20. The first-order valence-electron chi connectivity index (χ1n) is 7.91. The van der Waals surface area contributed by atoms with E-state index < -0.39 is 0 Å². The zero-order chi connectivity index (χ0) is 15.8. The van der Waals surface area contributed by atoms with Crippen LogP contribution in [0, 0.1) is 6.92 Å². The van der Waals surface area contributed by atoms with Crippen molar-refractivity contribution in [3.63, 3.8) is 0 Å². The number of likely N-dealkylation sites (tertiary alicyclic amines) is 1. The summed E-state index contributed by atoms with van der Waals surface area (Å²) in [6, 6.07) is 9.57. The number of amides is 1. The molecule has 5 nitrogen and oxygen atoms in total. The van der Waals surface area contributed by atoms with E-state index in [1.54, 1.807) is 6.26 Å². The van der Waals surface area contributed by atoms with Crippen LogP contribution >= 0.6 is 0 Å². The van der Waals surface area contributed by atoms with E-state index in [2.05, 4.69) is 4.98 Å². The number of hydrogen-bond acceptors (Lipinski definition) is 4. The van der Waals surface area contributed by atoms with Gasteiger partial charge in [-0.05, 0) is 38.0 Å². The maximum atomic E-state index is 12.6. The number of para-hydroxylation sites is 2. The van der Waals surface area contributed by atoms with Gasteiger partial charge in [0, 0.05) is 18.7 Å². The minimum atomic E-state index is -0.0479. The first kappa shape index (κ1) is 14.1. The first-order valence-corrected chi connectivity index (χ1v) is 7.91. The van der Waals surface area contributed by atoms with Gasteiger partial charge in [0.15, 0.2) is 17.2 Å². The van der Waals surface area contributed by atoms with Gasteiger partial charge in [0.2, 0.25) is 0 Å². The van der Waals surface area contributed by atoms with Crippen molar-refractivity contribution in [3.8, 4) is 0 Å². The predicted molar refractivity (Wildman–Crippen MR) is 85.3 cm³/mol. The molecule has 1 saturated heterocycles. The van der Waals surface area contributed by atoms with Gasteiger partial charge in [-0.25, -0.2) is 4.98 Å². The highest BCUT2D eigenvalue weighted by molar-refractivity contribution is 5.93. The molecule has 3 aromatic rings. The Kier molecular flexibility index (Phi) is 3.41. The number of aromatic nitrogens is 1. The third kappa shape index (κ3) is 2.52. The number of oxazole rings is 1. The van der Waals surface area contributed by atoms with Crippen LogP contribution in [0.1, 0.15) is 40.8 Å². The summed E-state index contributed by atoms with van der Waals surface area (Å²) in [5, 5.41) is 0. The van der Waals surface area contributed by atoms with Gasteiger partial charge < -0.3 is 13.7 Å². The summed E-state index contributed by atoms with van der Waals surface area (Å²) >= 11 is 0. The molecule has 1 amide bonds. The Morgan fingerprint density at radius 1 is 1.30 bits per heavy atom. The number of fused-ring (bicyclic) bond motifs is 1. The molecule has 0 N–H and O–H groups in total. The van der Waals surface area contributed by atoms with Crippen LogP contribution in [0.25, 0.3) is 11.1 Å². The van der Waals surface area contributed by atoms with Crippen LogP contribution in [-0.4, -0.2) is 28.9 Å². The molecule has 5 heteroatoms. The summed E-state index contributed by atoms with van der Waals surface area (Å²) in [5.74, 6) is 1.24. The van der Waals surface area contributed by atoms with Crippen LogP contribution in [0.5, 0.6) is 0 Å². The average molecular weight is 310 g/mol. The molecule has 1 aromatic carbocycles. The molecule has 2 aromatic heterocycles. The molecule has 0 radical (unpaired) electrons. The van der Waals surface area contributed by atoms with E-state index in [1.165, 1.54) is 0 Å². The lowest BCUT2D eigenvalue weighted by Crippen LogP contribution is -2.39. The van der Waals surface area contributed by atoms with Crippen LogP contribution in [0.4, 0.5) is 0 Å². The lowest BCUT2D eigenvalue weighted by Gasteiger charge is -2.30. The first-order chi connectivity index (χ1) is 11.2. The molecule has 1 atom stereocenters. The summed E-state index contributed by atoms with van der Waals surface area (Å²) in [6.07, 6.45) is 3.48. The van der Waals surface area contributed by atoms with Crippen molar-refractivity contribution >= 4 is 17.0 Å². The maximum absolute atomic E-state index is 12.6. The van der Waals surface area contributed by atoms with E-state index in [4.69, 9.17) is 8.83 Å². The second-order valence-corrected chi connectivity index (χ2v) is 6.04. The molecule has 0 bridgehead atoms. The van der Waals surface area contributed by atoms with E-state index >= 15 is 0 Å². The van der Waals surface area contributed by atoms with Gasteiger partial charge in [-0.2, -0.15) is 0 Å². The molecular formula is C18H18N2O3. The standard InChI is InChI=1S/C18H18N2O3/c1-12-8-10-22-16(12)18(21)20-9-4-5-13(11-20)17-19-14-6-2-3-7-15(14)23-17/h2-3,6-8,10,13H,4-5,9,11H2,1H3/t13-/m1/s1. The number of aryl methyl sites for hydroxylation is 1. The molecule has 23 heavy (non-hydrogen) atoms. The summed E-state index contributed by atoms with van der Waals surface area (Å²) in [6.45, 7) is 3.25. The molecule has 4 rings (SSSR count).